The monoisotopic (exact) mass is 298 g/mol. The molecule has 1 amide bonds. The molecule has 0 saturated carbocycles. The number of benzene rings is 1. The second kappa shape index (κ2) is 5.51. The van der Waals surface area contributed by atoms with Crippen molar-refractivity contribution >= 4 is 21.6 Å². The van der Waals surface area contributed by atoms with Gasteiger partial charge in [-0.1, -0.05) is 6.07 Å². The van der Waals surface area contributed by atoms with Gasteiger partial charge in [-0.05, 0) is 38.0 Å². The van der Waals surface area contributed by atoms with Crippen LogP contribution in [-0.4, -0.2) is 27.0 Å². The van der Waals surface area contributed by atoms with Gasteiger partial charge in [-0.2, -0.15) is 0 Å². The Morgan fingerprint density at radius 2 is 2.15 bits per heavy atom. The molecule has 20 heavy (non-hydrogen) atoms. The number of carbonyl (C=O) groups is 1. The van der Waals surface area contributed by atoms with Crippen LogP contribution < -0.4 is 10.5 Å². The molecular weight excluding hydrogens is 280 g/mol. The highest BCUT2D eigenvalue weighted by Crippen LogP contribution is 2.25. The predicted octanol–water partition coefficient (Wildman–Crippen LogP) is 1.01. The minimum absolute atomic E-state index is 0.0195. The van der Waals surface area contributed by atoms with Crippen LogP contribution in [-0.2, 0) is 19.6 Å². The summed E-state index contributed by atoms with van der Waals surface area (Å²) in [6.45, 7) is 4.03. The summed E-state index contributed by atoms with van der Waals surface area (Å²) in [6.07, 6.45) is 0.540. The number of hydrogen-bond donors (Lipinski definition) is 2. The molecule has 1 aliphatic rings. The number of amides is 1. The van der Waals surface area contributed by atoms with E-state index in [0.717, 1.165) is 0 Å². The molecular formula is C13H18N2O4S. The number of carbonyl (C=O) groups excluding carboxylic acids is 1. The van der Waals surface area contributed by atoms with Gasteiger partial charge in [0.1, 0.15) is 0 Å². The smallest absolute Gasteiger partial charge is 0.238 e. The number of sulfonamides is 1. The summed E-state index contributed by atoms with van der Waals surface area (Å²) >= 11 is 0. The van der Waals surface area contributed by atoms with Crippen LogP contribution >= 0.6 is 0 Å². The third-order valence-electron chi connectivity index (χ3n) is 3.56. The molecule has 0 radical (unpaired) electrons. The quantitative estimate of drug-likeness (QED) is 0.870. The molecule has 1 aromatic rings. The summed E-state index contributed by atoms with van der Waals surface area (Å²) in [5, 5.41) is 7.90. The van der Waals surface area contributed by atoms with Crippen LogP contribution in [0.5, 0.6) is 0 Å². The molecule has 1 aromatic carbocycles. The van der Waals surface area contributed by atoms with Crippen LogP contribution in [0.1, 0.15) is 18.9 Å². The Labute approximate surface area is 118 Å². The van der Waals surface area contributed by atoms with Crippen molar-refractivity contribution < 1.29 is 17.9 Å². The van der Waals surface area contributed by atoms with Crippen LogP contribution in [0.25, 0.3) is 0 Å². The minimum atomic E-state index is -3.80. The summed E-state index contributed by atoms with van der Waals surface area (Å²) in [4.78, 5) is 12.2. The Morgan fingerprint density at radius 3 is 2.70 bits per heavy atom. The number of anilines is 1. The number of ether oxygens (including phenoxy) is 1. The fourth-order valence-corrected chi connectivity index (χ4v) is 3.16. The number of nitrogens with one attached hydrogen (secondary N) is 1. The van der Waals surface area contributed by atoms with Gasteiger partial charge in [0.25, 0.3) is 0 Å². The molecule has 3 N–H and O–H groups in total. The summed E-state index contributed by atoms with van der Waals surface area (Å²) in [7, 11) is -3.80. The first-order valence-corrected chi connectivity index (χ1v) is 7.90. The molecule has 0 spiro atoms. The van der Waals surface area contributed by atoms with E-state index in [1.165, 1.54) is 6.07 Å². The highest BCUT2D eigenvalue weighted by molar-refractivity contribution is 7.89. The first-order valence-electron chi connectivity index (χ1n) is 6.35. The highest BCUT2D eigenvalue weighted by atomic mass is 32.2. The molecule has 1 saturated heterocycles. The first-order chi connectivity index (χ1) is 9.30. The minimum Gasteiger partial charge on any atom is -0.378 e. The second-order valence-corrected chi connectivity index (χ2v) is 6.46. The average Bonchev–Trinajstić information content (AvgIpc) is 2.76. The van der Waals surface area contributed by atoms with Crippen LogP contribution in [0.3, 0.4) is 0 Å². The normalized spacial score (nSPS) is 22.8. The van der Waals surface area contributed by atoms with Crippen molar-refractivity contribution in [3.63, 3.8) is 0 Å². The van der Waals surface area contributed by atoms with Crippen molar-refractivity contribution in [2.75, 3.05) is 11.9 Å². The van der Waals surface area contributed by atoms with Crippen LogP contribution in [0, 0.1) is 12.8 Å². The van der Waals surface area contributed by atoms with E-state index in [1.54, 1.807) is 19.1 Å². The van der Waals surface area contributed by atoms with Crippen molar-refractivity contribution in [3.8, 4) is 0 Å². The largest absolute Gasteiger partial charge is 0.378 e. The second-order valence-electron chi connectivity index (χ2n) is 4.93. The van der Waals surface area contributed by atoms with Crippen molar-refractivity contribution in [1.82, 2.24) is 0 Å². The maximum Gasteiger partial charge on any atom is 0.238 e. The lowest BCUT2D eigenvalue weighted by Crippen LogP contribution is -2.28. The van der Waals surface area contributed by atoms with Crippen LogP contribution in [0.4, 0.5) is 5.69 Å². The maximum atomic E-state index is 12.2. The molecule has 2 atom stereocenters. The van der Waals surface area contributed by atoms with Gasteiger partial charge in [-0.15, -0.1) is 0 Å². The van der Waals surface area contributed by atoms with E-state index in [2.05, 4.69) is 5.32 Å². The van der Waals surface area contributed by atoms with Gasteiger partial charge in [0.2, 0.25) is 15.9 Å². The highest BCUT2D eigenvalue weighted by Gasteiger charge is 2.31. The summed E-state index contributed by atoms with van der Waals surface area (Å²) in [5.74, 6) is -0.378. The Kier molecular flexibility index (Phi) is 4.12. The SMILES string of the molecule is Cc1c(NC(=O)C2CCOC2C)cccc1S(N)(=O)=O. The molecule has 7 heteroatoms. The van der Waals surface area contributed by atoms with Gasteiger partial charge in [-0.3, -0.25) is 4.79 Å². The Bertz CT molecular complexity index is 627. The van der Waals surface area contributed by atoms with Crippen LogP contribution in [0.15, 0.2) is 23.1 Å². The zero-order valence-electron chi connectivity index (χ0n) is 11.4. The molecule has 0 aliphatic carbocycles. The lowest BCUT2D eigenvalue weighted by atomic mass is 10.0. The van der Waals surface area contributed by atoms with Crippen molar-refractivity contribution in [1.29, 1.82) is 0 Å². The summed E-state index contributed by atoms with van der Waals surface area (Å²) in [5.41, 5.74) is 0.899. The van der Waals surface area contributed by atoms with E-state index in [-0.39, 0.29) is 22.8 Å². The van der Waals surface area contributed by atoms with E-state index < -0.39 is 10.0 Å². The van der Waals surface area contributed by atoms with Gasteiger partial charge in [0, 0.05) is 12.3 Å². The molecule has 0 aromatic heterocycles. The van der Waals surface area contributed by atoms with E-state index in [1.807, 2.05) is 6.92 Å². The average molecular weight is 298 g/mol. The van der Waals surface area contributed by atoms with Crippen LogP contribution in [0.2, 0.25) is 0 Å². The fraction of sp³-hybridized carbons (Fsp3) is 0.462. The Morgan fingerprint density at radius 1 is 1.45 bits per heavy atom. The third kappa shape index (κ3) is 3.00. The van der Waals surface area contributed by atoms with Gasteiger partial charge >= 0.3 is 0 Å². The number of hydrogen-bond acceptors (Lipinski definition) is 4. The molecule has 2 unspecified atom stereocenters. The van der Waals surface area contributed by atoms with Crippen molar-refractivity contribution in [3.05, 3.63) is 23.8 Å². The maximum absolute atomic E-state index is 12.2. The molecule has 0 bridgehead atoms. The van der Waals surface area contributed by atoms with E-state index in [0.29, 0.717) is 24.3 Å². The standard InChI is InChI=1S/C13H18N2O4S/c1-8-11(4-3-5-12(8)20(14,17)18)15-13(16)10-6-7-19-9(10)2/h3-5,9-10H,6-7H2,1-2H3,(H,15,16)(H2,14,17,18). The zero-order valence-corrected chi connectivity index (χ0v) is 12.2. The third-order valence-corrected chi connectivity index (χ3v) is 4.62. The molecule has 1 aliphatic heterocycles. The van der Waals surface area contributed by atoms with Crippen molar-refractivity contribution in [2.45, 2.75) is 31.3 Å². The van der Waals surface area contributed by atoms with Gasteiger partial charge in [-0.25, -0.2) is 13.6 Å². The zero-order chi connectivity index (χ0) is 14.9. The molecule has 110 valence electrons. The molecule has 6 nitrogen and oxygen atoms in total. The van der Waals surface area contributed by atoms with Gasteiger partial charge in [0.15, 0.2) is 0 Å². The van der Waals surface area contributed by atoms with E-state index >= 15 is 0 Å². The fourth-order valence-electron chi connectivity index (χ4n) is 2.36. The number of rotatable bonds is 3. The lowest BCUT2D eigenvalue weighted by molar-refractivity contribution is -0.121. The predicted molar refractivity (Wildman–Crippen MR) is 74.7 cm³/mol. The van der Waals surface area contributed by atoms with E-state index in [9.17, 15) is 13.2 Å². The first kappa shape index (κ1) is 15.0. The molecule has 2 rings (SSSR count). The number of nitrogens with two attached hydrogens (primary N) is 1. The van der Waals surface area contributed by atoms with Crippen molar-refractivity contribution in [2.24, 2.45) is 11.1 Å². The van der Waals surface area contributed by atoms with Gasteiger partial charge in [0.05, 0.1) is 16.9 Å². The number of primary sulfonamides is 1. The summed E-state index contributed by atoms with van der Waals surface area (Å²) in [6, 6.07) is 4.63. The van der Waals surface area contributed by atoms with Gasteiger partial charge < -0.3 is 10.1 Å². The topological polar surface area (TPSA) is 98.5 Å². The Balaban J connectivity index is 2.24. The van der Waals surface area contributed by atoms with E-state index in [4.69, 9.17) is 9.88 Å². The molecule has 1 heterocycles. The molecule has 1 fully saturated rings. The Hall–Kier alpha value is -1.44. The lowest BCUT2D eigenvalue weighted by Gasteiger charge is -2.16. The summed E-state index contributed by atoms with van der Waals surface area (Å²) < 4.78 is 28.2.